The van der Waals surface area contributed by atoms with Crippen molar-refractivity contribution in [2.45, 2.75) is 51.6 Å². The minimum atomic E-state index is 0. The normalized spacial score (nSPS) is 10.1. The predicted molar refractivity (Wildman–Crippen MR) is 173 cm³/mol. The van der Waals surface area contributed by atoms with E-state index < -0.39 is 0 Å². The van der Waals surface area contributed by atoms with E-state index in [-0.39, 0.29) is 20.4 Å². The second kappa shape index (κ2) is 15.5. The Morgan fingerprint density at radius 2 is 1.38 bits per heavy atom. The number of hydrogen-bond acceptors (Lipinski definition) is 4. The van der Waals surface area contributed by atoms with Crippen LogP contribution < -0.4 is 10.5 Å². The van der Waals surface area contributed by atoms with Crippen LogP contribution in [0.1, 0.15) is 38.5 Å². The van der Waals surface area contributed by atoms with Crippen molar-refractivity contribution in [3.63, 3.8) is 0 Å². The SMILES string of the molecule is C.C.C=O.CCN(Cc1cc2ccccc2n(Cc2ccc(Sc3ccccc3)cc2)c1=O)c1ccc(C)cc1. The highest BCUT2D eigenvalue weighted by molar-refractivity contribution is 7.99. The van der Waals surface area contributed by atoms with Gasteiger partial charge in [0.05, 0.1) is 12.1 Å². The summed E-state index contributed by atoms with van der Waals surface area (Å²) in [4.78, 5) is 26.4. The molecule has 5 heteroatoms. The van der Waals surface area contributed by atoms with Crippen LogP contribution in [-0.4, -0.2) is 17.9 Å². The van der Waals surface area contributed by atoms with E-state index in [1.807, 2.05) is 35.6 Å². The number of para-hydroxylation sites is 1. The van der Waals surface area contributed by atoms with E-state index in [4.69, 9.17) is 4.79 Å². The van der Waals surface area contributed by atoms with Gasteiger partial charge in [-0.3, -0.25) is 4.79 Å². The molecule has 0 aliphatic heterocycles. The predicted octanol–water partition coefficient (Wildman–Crippen LogP) is 8.62. The number of carbonyl (C=O) groups is 1. The number of aromatic nitrogens is 1. The number of aryl methyl sites for hydroxylation is 1. The second-order valence-electron chi connectivity index (χ2n) is 9.03. The van der Waals surface area contributed by atoms with Crippen molar-refractivity contribution in [1.29, 1.82) is 0 Å². The van der Waals surface area contributed by atoms with Crippen molar-refractivity contribution < 1.29 is 4.79 Å². The molecule has 1 aromatic heterocycles. The molecule has 0 saturated heterocycles. The van der Waals surface area contributed by atoms with E-state index in [1.54, 1.807) is 11.8 Å². The molecule has 0 fully saturated rings. The Kier molecular flexibility index (Phi) is 12.4. The smallest absolute Gasteiger partial charge is 0.256 e. The number of anilines is 1. The zero-order valence-corrected chi connectivity index (χ0v) is 22.7. The van der Waals surface area contributed by atoms with Crippen LogP contribution >= 0.6 is 11.8 Å². The van der Waals surface area contributed by atoms with Gasteiger partial charge in [0.1, 0.15) is 6.79 Å². The molecule has 0 unspecified atom stereocenters. The molecule has 0 radical (unpaired) electrons. The van der Waals surface area contributed by atoms with Gasteiger partial charge in [-0.1, -0.05) is 92.8 Å². The summed E-state index contributed by atoms with van der Waals surface area (Å²) in [6.45, 7) is 8.18. The highest BCUT2D eigenvalue weighted by atomic mass is 32.2. The molecular weight excluding hydrogens is 512 g/mol. The van der Waals surface area contributed by atoms with Crippen LogP contribution in [0.5, 0.6) is 0 Å². The van der Waals surface area contributed by atoms with Crippen molar-refractivity contribution in [1.82, 2.24) is 4.57 Å². The molecule has 0 atom stereocenters. The lowest BCUT2D eigenvalue weighted by Crippen LogP contribution is -2.30. The molecule has 0 saturated carbocycles. The van der Waals surface area contributed by atoms with E-state index in [1.165, 1.54) is 15.4 Å². The van der Waals surface area contributed by atoms with Crippen molar-refractivity contribution in [3.05, 3.63) is 136 Å². The summed E-state index contributed by atoms with van der Waals surface area (Å²) in [7, 11) is 0. The number of rotatable bonds is 8. The van der Waals surface area contributed by atoms with Gasteiger partial charge >= 0.3 is 0 Å². The van der Waals surface area contributed by atoms with E-state index >= 15 is 0 Å². The van der Waals surface area contributed by atoms with Crippen molar-refractivity contribution in [2.75, 3.05) is 11.4 Å². The number of nitrogens with zero attached hydrogens (tertiary/aromatic N) is 2. The summed E-state index contributed by atoms with van der Waals surface area (Å²) >= 11 is 1.74. The fourth-order valence-corrected chi connectivity index (χ4v) is 5.31. The van der Waals surface area contributed by atoms with E-state index in [2.05, 4.69) is 104 Å². The first-order chi connectivity index (χ1) is 18.6. The van der Waals surface area contributed by atoms with Crippen molar-refractivity contribution in [3.8, 4) is 0 Å². The summed E-state index contributed by atoms with van der Waals surface area (Å²) in [6.07, 6.45) is 0. The third kappa shape index (κ3) is 7.73. The molecule has 0 bridgehead atoms. The molecule has 4 nitrogen and oxygen atoms in total. The van der Waals surface area contributed by atoms with Gasteiger partial charge in [-0.05, 0) is 73.3 Å². The van der Waals surface area contributed by atoms with Gasteiger partial charge in [0, 0.05) is 34.1 Å². The number of fused-ring (bicyclic) bond motifs is 1. The van der Waals surface area contributed by atoms with Crippen molar-refractivity contribution >= 4 is 35.1 Å². The maximum absolute atomic E-state index is 13.8. The fraction of sp³-hybridized carbons (Fsp3) is 0.200. The van der Waals surface area contributed by atoms with Crippen LogP contribution in [0, 0.1) is 6.92 Å². The van der Waals surface area contributed by atoms with E-state index in [0.717, 1.165) is 34.3 Å². The maximum Gasteiger partial charge on any atom is 0.256 e. The van der Waals surface area contributed by atoms with Gasteiger partial charge < -0.3 is 14.3 Å². The van der Waals surface area contributed by atoms with Crippen LogP contribution in [0.3, 0.4) is 0 Å². The molecule has 0 aliphatic rings. The van der Waals surface area contributed by atoms with Crippen LogP contribution in [0.4, 0.5) is 5.69 Å². The lowest BCUT2D eigenvalue weighted by Gasteiger charge is -2.24. The summed E-state index contributed by atoms with van der Waals surface area (Å²) in [5.74, 6) is 0. The number of benzene rings is 4. The molecule has 4 aromatic carbocycles. The van der Waals surface area contributed by atoms with Gasteiger partial charge in [0.2, 0.25) is 0 Å². The van der Waals surface area contributed by atoms with E-state index in [0.29, 0.717) is 13.1 Å². The summed E-state index contributed by atoms with van der Waals surface area (Å²) in [6, 6.07) is 37.7. The molecule has 1 heterocycles. The first kappa shape index (κ1) is 32.1. The highest BCUT2D eigenvalue weighted by Gasteiger charge is 2.13. The Morgan fingerprint density at radius 3 is 2.02 bits per heavy atom. The average molecular weight is 553 g/mol. The Morgan fingerprint density at radius 1 is 0.775 bits per heavy atom. The van der Waals surface area contributed by atoms with Gasteiger partial charge in [-0.15, -0.1) is 0 Å². The van der Waals surface area contributed by atoms with Gasteiger partial charge in [0.15, 0.2) is 0 Å². The molecule has 5 rings (SSSR count). The summed E-state index contributed by atoms with van der Waals surface area (Å²) in [5, 5.41) is 1.09. The molecular formula is C35H40N2O2S. The quantitative estimate of drug-likeness (QED) is 0.193. The maximum atomic E-state index is 13.8. The Hall–Kier alpha value is -4.09. The molecule has 40 heavy (non-hydrogen) atoms. The minimum absolute atomic E-state index is 0. The van der Waals surface area contributed by atoms with Crippen LogP contribution in [0.2, 0.25) is 0 Å². The molecule has 0 spiro atoms. The van der Waals surface area contributed by atoms with Crippen LogP contribution in [-0.2, 0) is 17.9 Å². The molecule has 0 amide bonds. The van der Waals surface area contributed by atoms with Crippen molar-refractivity contribution in [2.24, 2.45) is 0 Å². The Balaban J connectivity index is 0.00000137. The van der Waals surface area contributed by atoms with Gasteiger partial charge in [-0.25, -0.2) is 0 Å². The standard InChI is InChI=1S/C32H30N2OS.CH2O.2CH4/c1-3-33(28-17-13-24(2)14-18-28)23-27-21-26-9-7-8-12-31(26)34(32(27)35)22-25-15-19-30(20-16-25)36-29-10-5-4-6-11-29;1-2;;/h4-21H,3,22-23H2,1-2H3;1H2;2*1H4. The zero-order valence-electron chi connectivity index (χ0n) is 21.8. The fourth-order valence-electron chi connectivity index (χ4n) is 4.47. The number of carbonyl (C=O) groups excluding carboxylic acids is 1. The van der Waals surface area contributed by atoms with Crippen LogP contribution in [0.15, 0.2) is 124 Å². The number of pyridine rings is 1. The molecule has 0 N–H and O–H groups in total. The third-order valence-electron chi connectivity index (χ3n) is 6.46. The Bertz CT molecular complexity index is 1530. The monoisotopic (exact) mass is 552 g/mol. The summed E-state index contributed by atoms with van der Waals surface area (Å²) in [5.41, 5.74) is 5.33. The molecule has 5 aromatic rings. The van der Waals surface area contributed by atoms with Crippen LogP contribution in [0.25, 0.3) is 10.9 Å². The Labute approximate surface area is 243 Å². The van der Waals surface area contributed by atoms with Gasteiger partial charge in [-0.2, -0.15) is 0 Å². The average Bonchev–Trinajstić information content (AvgIpc) is 2.97. The topological polar surface area (TPSA) is 42.3 Å². The summed E-state index contributed by atoms with van der Waals surface area (Å²) < 4.78 is 1.92. The highest BCUT2D eigenvalue weighted by Crippen LogP contribution is 2.27. The minimum Gasteiger partial charge on any atom is -0.367 e. The zero-order chi connectivity index (χ0) is 26.9. The first-order valence-electron chi connectivity index (χ1n) is 12.6. The third-order valence-corrected chi connectivity index (χ3v) is 7.48. The van der Waals surface area contributed by atoms with Gasteiger partial charge in [0.25, 0.3) is 5.56 Å². The largest absolute Gasteiger partial charge is 0.367 e. The molecule has 208 valence electrons. The molecule has 0 aliphatic carbocycles. The lowest BCUT2D eigenvalue weighted by molar-refractivity contribution is -0.0979. The first-order valence-corrected chi connectivity index (χ1v) is 13.5. The second-order valence-corrected chi connectivity index (χ2v) is 10.2. The lowest BCUT2D eigenvalue weighted by atomic mass is 10.1. The number of hydrogen-bond donors (Lipinski definition) is 0. The van der Waals surface area contributed by atoms with E-state index in [9.17, 15) is 4.79 Å².